The van der Waals surface area contributed by atoms with Crippen LogP contribution in [0.15, 0.2) is 176 Å². The molecule has 3 nitrogen and oxygen atoms in total. The molecule has 0 saturated heterocycles. The second kappa shape index (κ2) is 12.6. The van der Waals surface area contributed by atoms with Gasteiger partial charge < -0.3 is 0 Å². The van der Waals surface area contributed by atoms with Crippen molar-refractivity contribution in [1.29, 1.82) is 0 Å². The first kappa shape index (κ1) is 30.8. The Morgan fingerprint density at radius 3 is 1.59 bits per heavy atom. The Bertz CT molecular complexity index is 2440. The van der Waals surface area contributed by atoms with Gasteiger partial charge in [0.25, 0.3) is 0 Å². The van der Waals surface area contributed by atoms with Gasteiger partial charge in [-0.2, -0.15) is 0 Å². The van der Waals surface area contributed by atoms with E-state index in [1.165, 1.54) is 27.8 Å². The van der Waals surface area contributed by atoms with Crippen LogP contribution in [-0.4, -0.2) is 15.0 Å². The average Bonchev–Trinajstić information content (AvgIpc) is 3.44. The Morgan fingerprint density at radius 1 is 0.431 bits per heavy atom. The number of aromatic nitrogens is 3. The van der Waals surface area contributed by atoms with E-state index in [1.54, 1.807) is 0 Å². The maximum atomic E-state index is 5.05. The molecule has 0 radical (unpaired) electrons. The second-order valence-corrected chi connectivity index (χ2v) is 14.1. The highest BCUT2D eigenvalue weighted by Crippen LogP contribution is 2.54. The van der Waals surface area contributed by atoms with Crippen molar-refractivity contribution in [2.45, 2.75) is 25.2 Å². The van der Waals surface area contributed by atoms with E-state index in [-0.39, 0.29) is 5.41 Å². The van der Waals surface area contributed by atoms with Crippen molar-refractivity contribution in [1.82, 2.24) is 15.0 Å². The van der Waals surface area contributed by atoms with Gasteiger partial charge in [-0.15, -0.1) is 0 Å². The number of hydrogen-bond acceptors (Lipinski definition) is 3. The molecule has 51 heavy (non-hydrogen) atoms. The third-order valence-corrected chi connectivity index (χ3v) is 10.6. The monoisotopic (exact) mass is 655 g/mol. The fraction of sp³-hybridized carbons (Fsp3) is 0.104. The summed E-state index contributed by atoms with van der Waals surface area (Å²) in [4.78, 5) is 15.0. The highest BCUT2D eigenvalue weighted by molar-refractivity contribution is 5.81. The van der Waals surface area contributed by atoms with Crippen LogP contribution in [0.1, 0.15) is 36.5 Å². The Labute approximate surface area is 299 Å². The van der Waals surface area contributed by atoms with Gasteiger partial charge >= 0.3 is 0 Å². The molecule has 0 bridgehead atoms. The topological polar surface area (TPSA) is 38.7 Å². The molecule has 6 aromatic carbocycles. The minimum absolute atomic E-state index is 0.0785. The van der Waals surface area contributed by atoms with E-state index in [0.717, 1.165) is 33.4 Å². The summed E-state index contributed by atoms with van der Waals surface area (Å²) in [5.74, 6) is 2.80. The molecule has 1 aromatic heterocycles. The van der Waals surface area contributed by atoms with Gasteiger partial charge in [0.1, 0.15) is 0 Å². The first-order chi connectivity index (χ1) is 25.0. The van der Waals surface area contributed by atoms with E-state index in [9.17, 15) is 0 Å². The standard InChI is InChI=1S/C48H37N3/c1-48(2)43-22-10-9-21-41(43)42-28-27-39(31-44(42)48)37-18-11-17-36(29-37)38-19-12-20-40(30-38)47-50-45(34-15-7-4-8-16-34)49-46(51-47)35-25-23-33(24-26-35)32-13-5-3-6-14-32/h3-31,42,44H,1-2H3. The molecule has 0 fully saturated rings. The van der Waals surface area contributed by atoms with Gasteiger partial charge in [0, 0.05) is 22.6 Å². The molecule has 244 valence electrons. The van der Waals surface area contributed by atoms with E-state index in [0.29, 0.717) is 29.3 Å². The summed E-state index contributed by atoms with van der Waals surface area (Å²) in [7, 11) is 0. The molecule has 2 atom stereocenters. The summed E-state index contributed by atoms with van der Waals surface area (Å²) in [5.41, 5.74) is 13.0. The largest absolute Gasteiger partial charge is 0.208 e. The SMILES string of the molecule is CC1(C)c2ccccc2C2C=CC(c3cccc(-c4cccc(-c5nc(-c6ccccc6)nc(-c6ccc(-c7ccccc7)cc6)n5)c4)c3)=CC21. The smallest absolute Gasteiger partial charge is 0.164 e. The van der Waals surface area contributed by atoms with Crippen LogP contribution in [0.4, 0.5) is 0 Å². The van der Waals surface area contributed by atoms with Gasteiger partial charge in [-0.3, -0.25) is 0 Å². The molecule has 2 aliphatic carbocycles. The number of rotatable bonds is 6. The van der Waals surface area contributed by atoms with Crippen molar-refractivity contribution >= 4 is 5.57 Å². The lowest BCUT2D eigenvalue weighted by Gasteiger charge is -2.31. The Kier molecular flexibility index (Phi) is 7.62. The van der Waals surface area contributed by atoms with Crippen molar-refractivity contribution in [3.8, 4) is 56.4 Å². The molecule has 0 aliphatic heterocycles. The summed E-state index contributed by atoms with van der Waals surface area (Å²) in [6.07, 6.45) is 7.24. The lowest BCUT2D eigenvalue weighted by molar-refractivity contribution is 0.395. The third kappa shape index (κ3) is 5.71. The third-order valence-electron chi connectivity index (χ3n) is 10.6. The van der Waals surface area contributed by atoms with Crippen molar-refractivity contribution in [3.63, 3.8) is 0 Å². The van der Waals surface area contributed by atoms with Gasteiger partial charge in [0.05, 0.1) is 0 Å². The summed E-state index contributed by atoms with van der Waals surface area (Å²) >= 11 is 0. The maximum Gasteiger partial charge on any atom is 0.164 e. The molecular formula is C48H37N3. The molecule has 2 aliphatic rings. The quantitative estimate of drug-likeness (QED) is 0.179. The normalized spacial score (nSPS) is 17.0. The van der Waals surface area contributed by atoms with Crippen LogP contribution in [0.25, 0.3) is 62.0 Å². The van der Waals surface area contributed by atoms with Crippen LogP contribution < -0.4 is 0 Å². The van der Waals surface area contributed by atoms with E-state index >= 15 is 0 Å². The zero-order valence-corrected chi connectivity index (χ0v) is 28.7. The van der Waals surface area contributed by atoms with E-state index < -0.39 is 0 Å². The van der Waals surface area contributed by atoms with Crippen molar-refractivity contribution in [2.75, 3.05) is 0 Å². The van der Waals surface area contributed by atoms with Gasteiger partial charge in [-0.1, -0.05) is 178 Å². The second-order valence-electron chi connectivity index (χ2n) is 14.1. The van der Waals surface area contributed by atoms with Gasteiger partial charge in [0.2, 0.25) is 0 Å². The van der Waals surface area contributed by atoms with Gasteiger partial charge in [-0.25, -0.2) is 15.0 Å². The molecule has 9 rings (SSSR count). The number of fused-ring (bicyclic) bond motifs is 3. The number of benzene rings is 6. The van der Waals surface area contributed by atoms with Gasteiger partial charge in [-0.05, 0) is 68.0 Å². The summed E-state index contributed by atoms with van der Waals surface area (Å²) in [5, 5.41) is 0. The summed E-state index contributed by atoms with van der Waals surface area (Å²) < 4.78 is 0. The minimum Gasteiger partial charge on any atom is -0.208 e. The van der Waals surface area contributed by atoms with Crippen LogP contribution >= 0.6 is 0 Å². The van der Waals surface area contributed by atoms with Crippen LogP contribution in [0.3, 0.4) is 0 Å². The summed E-state index contributed by atoms with van der Waals surface area (Å²) in [6.45, 7) is 4.78. The Balaban J connectivity index is 1.07. The lowest BCUT2D eigenvalue weighted by Crippen LogP contribution is -2.25. The highest BCUT2D eigenvalue weighted by atomic mass is 15.0. The van der Waals surface area contributed by atoms with Crippen molar-refractivity contribution in [2.24, 2.45) is 5.92 Å². The fourth-order valence-corrected chi connectivity index (χ4v) is 7.89. The zero-order chi connectivity index (χ0) is 34.4. The average molecular weight is 656 g/mol. The number of nitrogens with zero attached hydrogens (tertiary/aromatic N) is 3. The first-order valence-corrected chi connectivity index (χ1v) is 17.7. The maximum absolute atomic E-state index is 5.05. The van der Waals surface area contributed by atoms with Gasteiger partial charge in [0.15, 0.2) is 17.5 Å². The van der Waals surface area contributed by atoms with Crippen LogP contribution in [0, 0.1) is 5.92 Å². The van der Waals surface area contributed by atoms with Crippen LogP contribution in [0.5, 0.6) is 0 Å². The Morgan fingerprint density at radius 2 is 0.902 bits per heavy atom. The predicted molar refractivity (Wildman–Crippen MR) is 210 cm³/mol. The summed E-state index contributed by atoms with van der Waals surface area (Å²) in [6, 6.07) is 55.4. The molecule has 0 saturated carbocycles. The molecule has 3 heteroatoms. The Hall–Kier alpha value is -6.19. The molecule has 1 heterocycles. The molecule has 2 unspecified atom stereocenters. The first-order valence-electron chi connectivity index (χ1n) is 17.7. The zero-order valence-electron chi connectivity index (χ0n) is 28.7. The molecule has 0 N–H and O–H groups in total. The molecule has 7 aromatic rings. The van der Waals surface area contributed by atoms with E-state index in [1.807, 2.05) is 36.4 Å². The van der Waals surface area contributed by atoms with Crippen LogP contribution in [-0.2, 0) is 5.41 Å². The predicted octanol–water partition coefficient (Wildman–Crippen LogP) is 11.9. The minimum atomic E-state index is 0.0785. The van der Waals surface area contributed by atoms with E-state index in [2.05, 4.69) is 153 Å². The van der Waals surface area contributed by atoms with Crippen molar-refractivity contribution < 1.29 is 0 Å². The van der Waals surface area contributed by atoms with Crippen LogP contribution in [0.2, 0.25) is 0 Å². The fourth-order valence-electron chi connectivity index (χ4n) is 7.89. The lowest BCUT2D eigenvalue weighted by atomic mass is 9.73. The van der Waals surface area contributed by atoms with Crippen molar-refractivity contribution in [3.05, 3.63) is 193 Å². The number of hydrogen-bond donors (Lipinski definition) is 0. The highest BCUT2D eigenvalue weighted by Gasteiger charge is 2.44. The number of allylic oxidation sites excluding steroid dienone is 4. The molecule has 0 spiro atoms. The molecule has 0 amide bonds. The van der Waals surface area contributed by atoms with E-state index in [4.69, 9.17) is 15.0 Å². The molecular weight excluding hydrogens is 619 g/mol.